The van der Waals surface area contributed by atoms with Crippen molar-refractivity contribution in [3.63, 3.8) is 0 Å². The van der Waals surface area contributed by atoms with Gasteiger partial charge in [-0.25, -0.2) is 0 Å². The third-order valence-corrected chi connectivity index (χ3v) is 5.30. The molecule has 0 aliphatic rings. The highest BCUT2D eigenvalue weighted by atomic mass is 15.1. The fourth-order valence-corrected chi connectivity index (χ4v) is 3.44. The summed E-state index contributed by atoms with van der Waals surface area (Å²) in [6.45, 7) is 33.2. The van der Waals surface area contributed by atoms with Gasteiger partial charge in [-0.05, 0) is 80.1 Å². The van der Waals surface area contributed by atoms with Crippen LogP contribution < -0.4 is 0 Å². The normalized spacial score (nSPS) is 14.2. The molecule has 0 aliphatic heterocycles. The van der Waals surface area contributed by atoms with E-state index in [4.69, 9.17) is 0 Å². The first-order valence-electron chi connectivity index (χ1n) is 11.3. The molecule has 1 heteroatoms. The van der Waals surface area contributed by atoms with Crippen LogP contribution in [0.5, 0.6) is 0 Å². The van der Waals surface area contributed by atoms with E-state index < -0.39 is 0 Å². The Kier molecular flexibility index (Phi) is 13.4. The standard InChI is InChI=1S/C31H43N/c1-13-19-28(17-5)30(18-6)24(9)21-29(31(20-14-2)23(7)8)22-25(10)32(12)26(11)27(15-3)16-4/h13,15-16,18-22H,3,6-7,10-11,14,17H2,1-2,4-5,8-9,12H3/b19-13-,24-21+,27-16+,29-22-,30-28+,31-20-. The average molecular weight is 430 g/mol. The molecule has 0 rings (SSSR count). The lowest BCUT2D eigenvalue weighted by Gasteiger charge is -2.24. The van der Waals surface area contributed by atoms with E-state index in [9.17, 15) is 0 Å². The highest BCUT2D eigenvalue weighted by molar-refractivity contribution is 5.57. The molecule has 0 atom stereocenters. The molecule has 0 unspecified atom stereocenters. The molecule has 0 N–H and O–H groups in total. The minimum absolute atomic E-state index is 0.840. The lowest BCUT2D eigenvalue weighted by atomic mass is 9.92. The van der Waals surface area contributed by atoms with E-state index in [2.05, 4.69) is 84.0 Å². The lowest BCUT2D eigenvalue weighted by molar-refractivity contribution is 0.553. The molecular formula is C31H43N. The summed E-state index contributed by atoms with van der Waals surface area (Å²) in [5, 5.41) is 0. The molecule has 0 aliphatic carbocycles. The third kappa shape index (κ3) is 8.23. The number of nitrogens with zero attached hydrogens (tertiary/aromatic N) is 1. The summed E-state index contributed by atoms with van der Waals surface area (Å²) in [4.78, 5) is 1.99. The van der Waals surface area contributed by atoms with Crippen LogP contribution >= 0.6 is 0 Å². The van der Waals surface area contributed by atoms with Gasteiger partial charge in [-0.1, -0.05) is 94.8 Å². The Morgan fingerprint density at radius 2 is 1.53 bits per heavy atom. The highest BCUT2D eigenvalue weighted by Gasteiger charge is 2.11. The second kappa shape index (κ2) is 14.9. The molecular weight excluding hydrogens is 386 g/mol. The lowest BCUT2D eigenvalue weighted by Crippen LogP contribution is -2.16. The first kappa shape index (κ1) is 28.9. The van der Waals surface area contributed by atoms with Gasteiger partial charge in [-0.3, -0.25) is 0 Å². The average Bonchev–Trinajstić information content (AvgIpc) is 2.76. The summed E-state index contributed by atoms with van der Waals surface area (Å²) in [5.41, 5.74) is 9.45. The van der Waals surface area contributed by atoms with Crippen molar-refractivity contribution >= 4 is 0 Å². The Morgan fingerprint density at radius 1 is 0.906 bits per heavy atom. The number of hydrogen-bond donors (Lipinski definition) is 0. The predicted octanol–water partition coefficient (Wildman–Crippen LogP) is 9.33. The molecule has 0 aromatic rings. The fraction of sp³-hybridized carbons (Fsp3) is 0.290. The second-order valence-corrected chi connectivity index (χ2v) is 7.68. The topological polar surface area (TPSA) is 3.24 Å². The van der Waals surface area contributed by atoms with Gasteiger partial charge < -0.3 is 4.90 Å². The van der Waals surface area contributed by atoms with Crippen molar-refractivity contribution in [2.24, 2.45) is 0 Å². The SMILES string of the molecule is C=C/C(=C\C)C(=C)N(C)C(=C)/C=C(/C=C(C)/C(C=C)=C(/C=C\C)CC)C(=C/CC)\C(=C)C. The van der Waals surface area contributed by atoms with Gasteiger partial charge in [0.2, 0.25) is 0 Å². The Balaban J connectivity index is 6.76. The van der Waals surface area contributed by atoms with Crippen LogP contribution in [0.1, 0.15) is 54.4 Å². The number of rotatable bonds is 13. The largest absolute Gasteiger partial charge is 0.345 e. The van der Waals surface area contributed by atoms with E-state index in [1.165, 1.54) is 5.57 Å². The third-order valence-electron chi connectivity index (χ3n) is 5.30. The van der Waals surface area contributed by atoms with Crippen molar-refractivity contribution in [2.75, 3.05) is 7.05 Å². The van der Waals surface area contributed by atoms with Crippen molar-refractivity contribution in [1.29, 1.82) is 0 Å². The smallest absolute Gasteiger partial charge is 0.0404 e. The van der Waals surface area contributed by atoms with Gasteiger partial charge in [0, 0.05) is 18.4 Å². The molecule has 1 nitrogen and oxygen atoms in total. The summed E-state index contributed by atoms with van der Waals surface area (Å²) in [6, 6.07) is 0. The van der Waals surface area contributed by atoms with Crippen LogP contribution in [-0.2, 0) is 0 Å². The van der Waals surface area contributed by atoms with E-state index in [1.807, 2.05) is 50.9 Å². The first-order valence-corrected chi connectivity index (χ1v) is 11.3. The van der Waals surface area contributed by atoms with Gasteiger partial charge in [-0.2, -0.15) is 0 Å². The van der Waals surface area contributed by atoms with Crippen LogP contribution in [-0.4, -0.2) is 11.9 Å². The van der Waals surface area contributed by atoms with Gasteiger partial charge >= 0.3 is 0 Å². The molecule has 0 heterocycles. The second-order valence-electron chi connectivity index (χ2n) is 7.68. The molecule has 0 radical (unpaired) electrons. The summed E-state index contributed by atoms with van der Waals surface area (Å²) in [7, 11) is 1.97. The molecule has 0 aromatic carbocycles. The Labute approximate surface area is 198 Å². The number of hydrogen-bond acceptors (Lipinski definition) is 1. The van der Waals surface area contributed by atoms with Crippen LogP contribution in [0, 0.1) is 0 Å². The number of allylic oxidation sites excluding steroid dienone is 14. The van der Waals surface area contributed by atoms with Crippen molar-refractivity contribution in [2.45, 2.75) is 54.4 Å². The van der Waals surface area contributed by atoms with Crippen LogP contribution in [0.3, 0.4) is 0 Å². The fourth-order valence-electron chi connectivity index (χ4n) is 3.44. The van der Waals surface area contributed by atoms with Gasteiger partial charge in [0.15, 0.2) is 0 Å². The maximum absolute atomic E-state index is 4.32. The Bertz CT molecular complexity index is 920. The van der Waals surface area contributed by atoms with E-state index in [1.54, 1.807) is 0 Å². The first-order chi connectivity index (χ1) is 15.1. The summed E-state index contributed by atoms with van der Waals surface area (Å²) in [5.74, 6) is 0. The minimum Gasteiger partial charge on any atom is -0.345 e. The predicted molar refractivity (Wildman–Crippen MR) is 147 cm³/mol. The summed E-state index contributed by atoms with van der Waals surface area (Å²) in [6.07, 6.45) is 18.4. The van der Waals surface area contributed by atoms with Gasteiger partial charge in [0.1, 0.15) is 0 Å². The van der Waals surface area contributed by atoms with E-state index >= 15 is 0 Å². The molecule has 172 valence electrons. The Hall–Kier alpha value is -3.06. The van der Waals surface area contributed by atoms with Gasteiger partial charge in [-0.15, -0.1) is 0 Å². The van der Waals surface area contributed by atoms with Crippen molar-refractivity contribution in [3.05, 3.63) is 132 Å². The van der Waals surface area contributed by atoms with Crippen LogP contribution in [0.15, 0.2) is 132 Å². The molecule has 0 saturated carbocycles. The molecule has 32 heavy (non-hydrogen) atoms. The zero-order chi connectivity index (χ0) is 24.8. The Morgan fingerprint density at radius 3 is 1.94 bits per heavy atom. The molecule has 0 aromatic heterocycles. The molecule has 0 amide bonds. The van der Waals surface area contributed by atoms with E-state index in [-0.39, 0.29) is 0 Å². The maximum atomic E-state index is 4.32. The molecule has 0 fully saturated rings. The van der Waals surface area contributed by atoms with Crippen molar-refractivity contribution in [3.8, 4) is 0 Å². The highest BCUT2D eigenvalue weighted by Crippen LogP contribution is 2.28. The van der Waals surface area contributed by atoms with Crippen molar-refractivity contribution < 1.29 is 0 Å². The minimum atomic E-state index is 0.840. The number of likely N-dealkylation sites (N-methyl/N-ethyl adjacent to an activating group) is 1. The van der Waals surface area contributed by atoms with E-state index in [0.29, 0.717) is 0 Å². The molecule has 0 bridgehead atoms. The zero-order valence-corrected chi connectivity index (χ0v) is 21.5. The van der Waals surface area contributed by atoms with E-state index in [0.717, 1.165) is 57.7 Å². The van der Waals surface area contributed by atoms with Crippen LogP contribution in [0.4, 0.5) is 0 Å². The van der Waals surface area contributed by atoms with Gasteiger partial charge in [0.05, 0.1) is 0 Å². The van der Waals surface area contributed by atoms with Crippen LogP contribution in [0.2, 0.25) is 0 Å². The van der Waals surface area contributed by atoms with Gasteiger partial charge in [0.25, 0.3) is 0 Å². The zero-order valence-electron chi connectivity index (χ0n) is 21.5. The summed E-state index contributed by atoms with van der Waals surface area (Å²) >= 11 is 0. The quantitative estimate of drug-likeness (QED) is 0.264. The molecule has 0 saturated heterocycles. The monoisotopic (exact) mass is 429 g/mol. The van der Waals surface area contributed by atoms with Crippen molar-refractivity contribution in [1.82, 2.24) is 4.90 Å². The maximum Gasteiger partial charge on any atom is 0.0404 e. The summed E-state index contributed by atoms with van der Waals surface area (Å²) < 4.78 is 0. The van der Waals surface area contributed by atoms with Crippen LogP contribution in [0.25, 0.3) is 0 Å². The molecule has 0 spiro atoms.